The van der Waals surface area contributed by atoms with E-state index in [1.54, 1.807) is 24.3 Å². The number of rotatable bonds is 3. The number of esters is 1. The third kappa shape index (κ3) is 2.87. The van der Waals surface area contributed by atoms with E-state index in [4.69, 9.17) is 0 Å². The normalized spacial score (nSPS) is 18.4. The highest BCUT2D eigenvalue weighted by atomic mass is 16.5. The van der Waals surface area contributed by atoms with Crippen LogP contribution < -0.4 is 10.6 Å². The molecule has 5 heteroatoms. The van der Waals surface area contributed by atoms with E-state index in [0.717, 1.165) is 19.4 Å². The lowest BCUT2D eigenvalue weighted by Crippen LogP contribution is -2.35. The molecule has 1 aromatic rings. The summed E-state index contributed by atoms with van der Waals surface area (Å²) in [5, 5.41) is 5.92. The largest absolute Gasteiger partial charge is 0.465 e. The van der Waals surface area contributed by atoms with Crippen LogP contribution in [0.25, 0.3) is 0 Å². The SMILES string of the molecule is COC(=O)c1cccc(NC(=O)C2CCCN2)c1. The van der Waals surface area contributed by atoms with Crippen molar-refractivity contribution >= 4 is 17.6 Å². The van der Waals surface area contributed by atoms with Crippen LogP contribution in [0.5, 0.6) is 0 Å². The zero-order valence-electron chi connectivity index (χ0n) is 10.2. The van der Waals surface area contributed by atoms with Gasteiger partial charge in [0.25, 0.3) is 0 Å². The molecule has 5 nitrogen and oxygen atoms in total. The Morgan fingerprint density at radius 2 is 2.28 bits per heavy atom. The monoisotopic (exact) mass is 248 g/mol. The summed E-state index contributed by atoms with van der Waals surface area (Å²) in [6.07, 6.45) is 1.86. The van der Waals surface area contributed by atoms with Gasteiger partial charge in [-0.2, -0.15) is 0 Å². The van der Waals surface area contributed by atoms with Crippen molar-refractivity contribution in [3.05, 3.63) is 29.8 Å². The van der Waals surface area contributed by atoms with Gasteiger partial charge in [-0.3, -0.25) is 4.79 Å². The molecule has 0 aliphatic carbocycles. The maximum atomic E-state index is 11.9. The molecule has 1 unspecified atom stereocenters. The van der Waals surface area contributed by atoms with Gasteiger partial charge in [0.05, 0.1) is 18.7 Å². The smallest absolute Gasteiger partial charge is 0.337 e. The molecule has 0 aromatic heterocycles. The van der Waals surface area contributed by atoms with E-state index in [2.05, 4.69) is 15.4 Å². The van der Waals surface area contributed by atoms with Crippen molar-refractivity contribution in [1.82, 2.24) is 5.32 Å². The molecule has 0 saturated carbocycles. The van der Waals surface area contributed by atoms with Crippen molar-refractivity contribution in [3.8, 4) is 0 Å². The van der Waals surface area contributed by atoms with E-state index in [-0.39, 0.29) is 11.9 Å². The minimum atomic E-state index is -0.412. The van der Waals surface area contributed by atoms with Crippen LogP contribution in [0.3, 0.4) is 0 Å². The van der Waals surface area contributed by atoms with Gasteiger partial charge in [-0.1, -0.05) is 6.07 Å². The van der Waals surface area contributed by atoms with E-state index in [1.807, 2.05) is 0 Å². The number of hydrogen-bond donors (Lipinski definition) is 2. The van der Waals surface area contributed by atoms with Crippen molar-refractivity contribution < 1.29 is 14.3 Å². The predicted octanol–water partition coefficient (Wildman–Crippen LogP) is 1.16. The fourth-order valence-electron chi connectivity index (χ4n) is 1.98. The molecule has 1 aromatic carbocycles. The standard InChI is InChI=1S/C13H16N2O3/c1-18-13(17)9-4-2-5-10(8-9)15-12(16)11-6-3-7-14-11/h2,4-5,8,11,14H,3,6-7H2,1H3,(H,15,16). The van der Waals surface area contributed by atoms with Gasteiger partial charge < -0.3 is 15.4 Å². The molecule has 1 aliphatic heterocycles. The zero-order chi connectivity index (χ0) is 13.0. The Morgan fingerprint density at radius 1 is 1.44 bits per heavy atom. The van der Waals surface area contributed by atoms with Crippen LogP contribution in [-0.2, 0) is 9.53 Å². The topological polar surface area (TPSA) is 67.4 Å². The molecule has 1 saturated heterocycles. The summed E-state index contributed by atoms with van der Waals surface area (Å²) >= 11 is 0. The Bertz CT molecular complexity index is 453. The lowest BCUT2D eigenvalue weighted by atomic mass is 10.2. The van der Waals surface area contributed by atoms with Gasteiger partial charge in [-0.15, -0.1) is 0 Å². The lowest BCUT2D eigenvalue weighted by molar-refractivity contribution is -0.117. The highest BCUT2D eigenvalue weighted by Crippen LogP contribution is 2.13. The Hall–Kier alpha value is -1.88. The van der Waals surface area contributed by atoms with E-state index >= 15 is 0 Å². The number of benzene rings is 1. The molecule has 18 heavy (non-hydrogen) atoms. The highest BCUT2D eigenvalue weighted by Gasteiger charge is 2.22. The third-order valence-corrected chi connectivity index (χ3v) is 2.93. The fraction of sp³-hybridized carbons (Fsp3) is 0.385. The van der Waals surface area contributed by atoms with Crippen molar-refractivity contribution in [3.63, 3.8) is 0 Å². The average Bonchev–Trinajstić information content (AvgIpc) is 2.92. The Morgan fingerprint density at radius 3 is 2.94 bits per heavy atom. The van der Waals surface area contributed by atoms with Crippen LogP contribution in [0.15, 0.2) is 24.3 Å². The summed E-state index contributed by atoms with van der Waals surface area (Å²) < 4.78 is 4.63. The van der Waals surface area contributed by atoms with Crippen molar-refractivity contribution in [1.29, 1.82) is 0 Å². The number of ether oxygens (including phenoxy) is 1. The lowest BCUT2D eigenvalue weighted by Gasteiger charge is -2.11. The van der Waals surface area contributed by atoms with E-state index in [0.29, 0.717) is 11.3 Å². The number of carbonyl (C=O) groups is 2. The number of anilines is 1. The summed E-state index contributed by atoms with van der Waals surface area (Å²) in [4.78, 5) is 23.2. The fourth-order valence-corrected chi connectivity index (χ4v) is 1.98. The van der Waals surface area contributed by atoms with Crippen LogP contribution >= 0.6 is 0 Å². The molecule has 2 N–H and O–H groups in total. The van der Waals surface area contributed by atoms with E-state index < -0.39 is 5.97 Å². The molecular weight excluding hydrogens is 232 g/mol. The predicted molar refractivity (Wildman–Crippen MR) is 67.4 cm³/mol. The van der Waals surface area contributed by atoms with Gasteiger partial charge in [-0.25, -0.2) is 4.79 Å². The van der Waals surface area contributed by atoms with Crippen LogP contribution in [0.2, 0.25) is 0 Å². The number of nitrogens with one attached hydrogen (secondary N) is 2. The third-order valence-electron chi connectivity index (χ3n) is 2.93. The molecule has 1 fully saturated rings. The molecule has 2 rings (SSSR count). The summed E-state index contributed by atoms with van der Waals surface area (Å²) in [5.41, 5.74) is 1.03. The summed E-state index contributed by atoms with van der Waals surface area (Å²) in [6, 6.07) is 6.59. The first-order valence-electron chi connectivity index (χ1n) is 5.93. The zero-order valence-corrected chi connectivity index (χ0v) is 10.2. The first-order valence-corrected chi connectivity index (χ1v) is 5.93. The van der Waals surface area contributed by atoms with Crippen molar-refractivity contribution in [2.75, 3.05) is 19.0 Å². The van der Waals surface area contributed by atoms with Crippen LogP contribution in [0, 0.1) is 0 Å². The minimum Gasteiger partial charge on any atom is -0.465 e. The number of hydrogen-bond acceptors (Lipinski definition) is 4. The molecule has 1 amide bonds. The minimum absolute atomic E-state index is 0.0606. The summed E-state index contributed by atoms with van der Waals surface area (Å²) in [7, 11) is 1.33. The maximum absolute atomic E-state index is 11.9. The second kappa shape index (κ2) is 5.64. The summed E-state index contributed by atoms with van der Waals surface area (Å²) in [5.74, 6) is -0.473. The van der Waals surface area contributed by atoms with Gasteiger partial charge in [0.2, 0.25) is 5.91 Å². The molecular formula is C13H16N2O3. The number of carbonyl (C=O) groups excluding carboxylic acids is 2. The Balaban J connectivity index is 2.04. The quantitative estimate of drug-likeness (QED) is 0.788. The molecule has 96 valence electrons. The molecule has 0 radical (unpaired) electrons. The second-order valence-corrected chi connectivity index (χ2v) is 4.21. The Labute approximate surface area is 106 Å². The van der Waals surface area contributed by atoms with Gasteiger partial charge in [-0.05, 0) is 37.6 Å². The van der Waals surface area contributed by atoms with Crippen molar-refractivity contribution in [2.24, 2.45) is 0 Å². The summed E-state index contributed by atoms with van der Waals surface area (Å²) in [6.45, 7) is 0.875. The highest BCUT2D eigenvalue weighted by molar-refractivity contribution is 5.97. The first-order chi connectivity index (χ1) is 8.70. The van der Waals surface area contributed by atoms with Gasteiger partial charge in [0.15, 0.2) is 0 Å². The molecule has 1 heterocycles. The van der Waals surface area contributed by atoms with E-state index in [9.17, 15) is 9.59 Å². The molecule has 0 bridgehead atoms. The Kier molecular flexibility index (Phi) is 3.94. The maximum Gasteiger partial charge on any atom is 0.337 e. The first kappa shape index (κ1) is 12.6. The van der Waals surface area contributed by atoms with Gasteiger partial charge in [0, 0.05) is 5.69 Å². The number of methoxy groups -OCH3 is 1. The van der Waals surface area contributed by atoms with Crippen molar-refractivity contribution in [2.45, 2.75) is 18.9 Å². The van der Waals surface area contributed by atoms with Crippen LogP contribution in [0.4, 0.5) is 5.69 Å². The van der Waals surface area contributed by atoms with E-state index in [1.165, 1.54) is 7.11 Å². The molecule has 1 atom stereocenters. The number of amides is 1. The van der Waals surface area contributed by atoms with Gasteiger partial charge in [0.1, 0.15) is 0 Å². The molecule has 0 spiro atoms. The van der Waals surface area contributed by atoms with Gasteiger partial charge >= 0.3 is 5.97 Å². The van der Waals surface area contributed by atoms with Crippen LogP contribution in [0.1, 0.15) is 23.2 Å². The second-order valence-electron chi connectivity index (χ2n) is 4.21. The molecule has 1 aliphatic rings. The van der Waals surface area contributed by atoms with Crippen LogP contribution in [-0.4, -0.2) is 31.6 Å². The average molecular weight is 248 g/mol.